The van der Waals surface area contributed by atoms with Crippen molar-refractivity contribution in [3.8, 4) is 0 Å². The lowest BCUT2D eigenvalue weighted by molar-refractivity contribution is -0.703. The molecular formula is C19H29N2+. The van der Waals surface area contributed by atoms with E-state index in [1.165, 1.54) is 43.5 Å². The number of hydrogen-bond acceptors (Lipinski definition) is 0. The monoisotopic (exact) mass is 285 g/mol. The molecule has 2 rings (SSSR count). The Morgan fingerprint density at radius 2 is 1.71 bits per heavy atom. The Hall–Kier alpha value is -1.57. The normalized spacial score (nSPS) is 11.0. The van der Waals surface area contributed by atoms with E-state index in [9.17, 15) is 0 Å². The summed E-state index contributed by atoms with van der Waals surface area (Å²) in [6.45, 7) is 6.69. The SMILES string of the molecule is CCCCCCC[n+]1ccn(CC)c1Cc1ccccc1. The predicted molar refractivity (Wildman–Crippen MR) is 88.3 cm³/mol. The molecule has 1 heterocycles. The summed E-state index contributed by atoms with van der Waals surface area (Å²) in [7, 11) is 0. The molecule has 0 aliphatic rings. The Bertz CT molecular complexity index is 514. The van der Waals surface area contributed by atoms with Crippen LogP contribution in [0, 0.1) is 0 Å². The second-order valence-corrected chi connectivity index (χ2v) is 5.77. The molecule has 0 unspecified atom stereocenters. The third-order valence-electron chi connectivity index (χ3n) is 4.14. The van der Waals surface area contributed by atoms with Crippen LogP contribution in [0.15, 0.2) is 42.7 Å². The average molecular weight is 285 g/mol. The molecule has 2 nitrogen and oxygen atoms in total. The van der Waals surface area contributed by atoms with Gasteiger partial charge < -0.3 is 0 Å². The summed E-state index contributed by atoms with van der Waals surface area (Å²) >= 11 is 0. The number of rotatable bonds is 9. The summed E-state index contributed by atoms with van der Waals surface area (Å²) in [5.41, 5.74) is 1.39. The molecule has 0 bridgehead atoms. The Kier molecular flexibility index (Phi) is 6.52. The molecule has 2 aromatic rings. The van der Waals surface area contributed by atoms with Gasteiger partial charge in [-0.3, -0.25) is 0 Å². The lowest BCUT2D eigenvalue weighted by atomic mass is 10.1. The van der Waals surface area contributed by atoms with Crippen LogP contribution in [-0.4, -0.2) is 4.57 Å². The van der Waals surface area contributed by atoms with Crippen LogP contribution in [0.25, 0.3) is 0 Å². The smallest absolute Gasteiger partial charge is 0.234 e. The number of hydrogen-bond donors (Lipinski definition) is 0. The van der Waals surface area contributed by atoms with Crippen LogP contribution in [-0.2, 0) is 19.5 Å². The molecule has 1 aromatic heterocycles. The van der Waals surface area contributed by atoms with Gasteiger partial charge in [0.15, 0.2) is 0 Å². The van der Waals surface area contributed by atoms with Crippen molar-refractivity contribution < 1.29 is 4.57 Å². The van der Waals surface area contributed by atoms with Gasteiger partial charge in [0.05, 0.1) is 19.5 Å². The molecule has 0 radical (unpaired) electrons. The largest absolute Gasteiger partial charge is 0.260 e. The number of imidazole rings is 1. The molecule has 0 aliphatic carbocycles. The second-order valence-electron chi connectivity index (χ2n) is 5.77. The average Bonchev–Trinajstić information content (AvgIpc) is 2.90. The van der Waals surface area contributed by atoms with E-state index in [-0.39, 0.29) is 0 Å². The van der Waals surface area contributed by atoms with E-state index in [0.29, 0.717) is 0 Å². The zero-order chi connectivity index (χ0) is 14.9. The molecule has 0 saturated carbocycles. The fourth-order valence-electron chi connectivity index (χ4n) is 2.86. The van der Waals surface area contributed by atoms with Crippen LogP contribution in [0.2, 0.25) is 0 Å². The molecule has 2 heteroatoms. The van der Waals surface area contributed by atoms with E-state index in [0.717, 1.165) is 19.5 Å². The minimum Gasteiger partial charge on any atom is -0.234 e. The maximum absolute atomic E-state index is 2.45. The summed E-state index contributed by atoms with van der Waals surface area (Å²) < 4.78 is 4.82. The lowest BCUT2D eigenvalue weighted by Gasteiger charge is -2.05. The van der Waals surface area contributed by atoms with Crippen LogP contribution in [0.1, 0.15) is 57.3 Å². The zero-order valence-electron chi connectivity index (χ0n) is 13.6. The van der Waals surface area contributed by atoms with Crippen LogP contribution < -0.4 is 4.57 Å². The summed E-state index contributed by atoms with van der Waals surface area (Å²) in [5.74, 6) is 1.43. The molecule has 0 aliphatic heterocycles. The van der Waals surface area contributed by atoms with Gasteiger partial charge in [-0.25, -0.2) is 9.13 Å². The van der Waals surface area contributed by atoms with Gasteiger partial charge in [-0.1, -0.05) is 56.5 Å². The molecule has 114 valence electrons. The molecule has 0 fully saturated rings. The number of aromatic nitrogens is 2. The summed E-state index contributed by atoms with van der Waals surface area (Å²) in [5, 5.41) is 0. The van der Waals surface area contributed by atoms with Gasteiger partial charge in [0.1, 0.15) is 12.4 Å². The first-order chi connectivity index (χ1) is 10.3. The van der Waals surface area contributed by atoms with Crippen LogP contribution in [0.3, 0.4) is 0 Å². The quantitative estimate of drug-likeness (QED) is 0.478. The molecule has 0 spiro atoms. The molecule has 0 atom stereocenters. The third-order valence-corrected chi connectivity index (χ3v) is 4.14. The highest BCUT2D eigenvalue weighted by molar-refractivity contribution is 5.18. The molecule has 0 N–H and O–H groups in total. The Morgan fingerprint density at radius 3 is 2.43 bits per heavy atom. The van der Waals surface area contributed by atoms with Gasteiger partial charge >= 0.3 is 0 Å². The van der Waals surface area contributed by atoms with Crippen molar-refractivity contribution in [2.75, 3.05) is 0 Å². The standard InChI is InChI=1S/C19H29N2/c1-3-5-6-7-11-14-21-16-15-20(4-2)19(21)17-18-12-9-8-10-13-18/h8-10,12-13,15-16H,3-7,11,14,17H2,1-2H3/q+1. The highest BCUT2D eigenvalue weighted by Crippen LogP contribution is 2.08. The number of aryl methyl sites for hydroxylation is 2. The van der Waals surface area contributed by atoms with E-state index in [4.69, 9.17) is 0 Å². The van der Waals surface area contributed by atoms with Crippen LogP contribution in [0.4, 0.5) is 0 Å². The fraction of sp³-hybridized carbons (Fsp3) is 0.526. The van der Waals surface area contributed by atoms with Crippen molar-refractivity contribution in [2.45, 2.75) is 65.5 Å². The van der Waals surface area contributed by atoms with Gasteiger partial charge in [-0.15, -0.1) is 0 Å². The van der Waals surface area contributed by atoms with Gasteiger partial charge in [-0.05, 0) is 25.3 Å². The van der Waals surface area contributed by atoms with E-state index in [1.54, 1.807) is 0 Å². The first-order valence-corrected chi connectivity index (χ1v) is 8.46. The molecule has 21 heavy (non-hydrogen) atoms. The molecular weight excluding hydrogens is 256 g/mol. The van der Waals surface area contributed by atoms with E-state index < -0.39 is 0 Å². The van der Waals surface area contributed by atoms with Crippen LogP contribution >= 0.6 is 0 Å². The number of benzene rings is 1. The van der Waals surface area contributed by atoms with E-state index >= 15 is 0 Å². The van der Waals surface area contributed by atoms with Crippen molar-refractivity contribution in [3.63, 3.8) is 0 Å². The first-order valence-electron chi connectivity index (χ1n) is 8.46. The lowest BCUT2D eigenvalue weighted by Crippen LogP contribution is -2.37. The van der Waals surface area contributed by atoms with Gasteiger partial charge in [0.2, 0.25) is 0 Å². The summed E-state index contributed by atoms with van der Waals surface area (Å²) in [6.07, 6.45) is 12.2. The highest BCUT2D eigenvalue weighted by atomic mass is 15.1. The first kappa shape index (κ1) is 15.8. The van der Waals surface area contributed by atoms with E-state index in [2.05, 4.69) is 65.7 Å². The molecule has 1 aromatic carbocycles. The van der Waals surface area contributed by atoms with Gasteiger partial charge in [0, 0.05) is 0 Å². The Balaban J connectivity index is 1.99. The summed E-state index contributed by atoms with van der Waals surface area (Å²) in [4.78, 5) is 0. The van der Waals surface area contributed by atoms with Crippen molar-refractivity contribution in [2.24, 2.45) is 0 Å². The molecule has 0 amide bonds. The maximum atomic E-state index is 2.45. The zero-order valence-corrected chi connectivity index (χ0v) is 13.6. The van der Waals surface area contributed by atoms with Crippen molar-refractivity contribution in [1.82, 2.24) is 4.57 Å². The fourth-order valence-corrected chi connectivity index (χ4v) is 2.86. The Labute approximate surface area is 129 Å². The highest BCUT2D eigenvalue weighted by Gasteiger charge is 2.16. The van der Waals surface area contributed by atoms with Crippen molar-refractivity contribution in [1.29, 1.82) is 0 Å². The number of unbranched alkanes of at least 4 members (excludes halogenated alkanes) is 4. The minimum atomic E-state index is 1.02. The minimum absolute atomic E-state index is 1.02. The van der Waals surface area contributed by atoms with Crippen LogP contribution in [0.5, 0.6) is 0 Å². The van der Waals surface area contributed by atoms with E-state index in [1.807, 2.05) is 0 Å². The van der Waals surface area contributed by atoms with Gasteiger partial charge in [-0.2, -0.15) is 0 Å². The van der Waals surface area contributed by atoms with Gasteiger partial charge in [0.25, 0.3) is 5.82 Å². The second kappa shape index (κ2) is 8.66. The Morgan fingerprint density at radius 1 is 0.952 bits per heavy atom. The van der Waals surface area contributed by atoms with Crippen molar-refractivity contribution in [3.05, 3.63) is 54.1 Å². The maximum Gasteiger partial charge on any atom is 0.260 e. The molecule has 0 saturated heterocycles. The summed E-state index contributed by atoms with van der Waals surface area (Å²) in [6, 6.07) is 10.8. The number of nitrogens with zero attached hydrogens (tertiary/aromatic N) is 2. The third kappa shape index (κ3) is 4.73. The predicted octanol–water partition coefficient (Wildman–Crippen LogP) is 4.36. The topological polar surface area (TPSA) is 8.81 Å². The van der Waals surface area contributed by atoms with Crippen molar-refractivity contribution >= 4 is 0 Å².